The zero-order valence-electron chi connectivity index (χ0n) is 24.0. The molecule has 0 saturated heterocycles. The quantitative estimate of drug-likeness (QED) is 0.310. The highest BCUT2D eigenvalue weighted by Crippen LogP contribution is 2.25. The van der Waals surface area contributed by atoms with Gasteiger partial charge in [-0.3, -0.25) is 13.9 Å². The first kappa shape index (κ1) is 30.3. The van der Waals surface area contributed by atoms with Gasteiger partial charge in [0.1, 0.15) is 12.6 Å². The summed E-state index contributed by atoms with van der Waals surface area (Å²) in [6.07, 6.45) is 6.20. The summed E-state index contributed by atoms with van der Waals surface area (Å²) in [6.45, 7) is 3.70. The van der Waals surface area contributed by atoms with E-state index in [-0.39, 0.29) is 16.8 Å². The molecule has 1 unspecified atom stereocenters. The van der Waals surface area contributed by atoms with Gasteiger partial charge >= 0.3 is 0 Å². The molecule has 0 heterocycles. The zero-order valence-corrected chi connectivity index (χ0v) is 24.9. The maximum atomic E-state index is 14.1. The maximum Gasteiger partial charge on any atom is 0.264 e. The van der Waals surface area contributed by atoms with Gasteiger partial charge in [-0.25, -0.2) is 8.42 Å². The number of rotatable bonds is 12. The van der Waals surface area contributed by atoms with E-state index >= 15 is 0 Å². The Morgan fingerprint density at radius 3 is 2.10 bits per heavy atom. The van der Waals surface area contributed by atoms with Crippen LogP contribution in [0.1, 0.15) is 56.6 Å². The maximum absolute atomic E-state index is 14.1. The second-order valence-corrected chi connectivity index (χ2v) is 12.6. The van der Waals surface area contributed by atoms with E-state index in [2.05, 4.69) is 5.32 Å². The molecule has 3 aromatic carbocycles. The molecule has 1 aliphatic rings. The molecule has 0 aromatic heterocycles. The second-order valence-electron chi connectivity index (χ2n) is 10.8. The minimum Gasteiger partial charge on any atom is -0.352 e. The number of anilines is 1. The predicted molar refractivity (Wildman–Crippen MR) is 163 cm³/mol. The van der Waals surface area contributed by atoms with E-state index in [1.54, 1.807) is 35.2 Å². The van der Waals surface area contributed by atoms with E-state index in [9.17, 15) is 18.0 Å². The molecular formula is C33H41N3O4S. The van der Waals surface area contributed by atoms with Crippen LogP contribution >= 0.6 is 0 Å². The average molecular weight is 576 g/mol. The first-order valence-corrected chi connectivity index (χ1v) is 16.0. The molecule has 8 heteroatoms. The van der Waals surface area contributed by atoms with Crippen LogP contribution in [0, 0.1) is 6.92 Å². The highest BCUT2D eigenvalue weighted by molar-refractivity contribution is 7.92. The number of benzene rings is 3. The summed E-state index contributed by atoms with van der Waals surface area (Å²) in [4.78, 5) is 29.4. The van der Waals surface area contributed by atoms with E-state index < -0.39 is 28.5 Å². The summed E-state index contributed by atoms with van der Waals surface area (Å²) < 4.78 is 28.9. The van der Waals surface area contributed by atoms with Crippen LogP contribution in [0.3, 0.4) is 0 Å². The first-order valence-electron chi connectivity index (χ1n) is 14.6. The van der Waals surface area contributed by atoms with Gasteiger partial charge in [-0.1, -0.05) is 92.4 Å². The molecule has 2 amide bonds. The van der Waals surface area contributed by atoms with Crippen LogP contribution in [-0.2, 0) is 26.0 Å². The Balaban J connectivity index is 1.65. The highest BCUT2D eigenvalue weighted by Gasteiger charge is 2.34. The van der Waals surface area contributed by atoms with Crippen LogP contribution < -0.4 is 9.62 Å². The molecule has 3 aromatic rings. The molecule has 1 atom stereocenters. The third-order valence-electron chi connectivity index (χ3n) is 7.75. The number of sulfonamides is 1. The zero-order chi connectivity index (χ0) is 29.2. The van der Waals surface area contributed by atoms with E-state index in [1.165, 1.54) is 18.6 Å². The molecule has 1 aliphatic carbocycles. The molecule has 218 valence electrons. The average Bonchev–Trinajstić information content (AvgIpc) is 2.99. The molecule has 0 spiro atoms. The third-order valence-corrected chi connectivity index (χ3v) is 9.54. The van der Waals surface area contributed by atoms with E-state index in [4.69, 9.17) is 0 Å². The lowest BCUT2D eigenvalue weighted by Crippen LogP contribution is -2.54. The van der Waals surface area contributed by atoms with Crippen molar-refractivity contribution < 1.29 is 18.0 Å². The first-order chi connectivity index (χ1) is 19.8. The molecule has 4 rings (SSSR count). The van der Waals surface area contributed by atoms with Crippen molar-refractivity contribution >= 4 is 27.5 Å². The fourth-order valence-electron chi connectivity index (χ4n) is 5.40. The lowest BCUT2D eigenvalue weighted by atomic mass is 9.95. The van der Waals surface area contributed by atoms with Crippen molar-refractivity contribution in [1.29, 1.82) is 0 Å². The molecule has 1 fully saturated rings. The molecule has 0 aliphatic heterocycles. The van der Waals surface area contributed by atoms with E-state index in [1.807, 2.05) is 56.3 Å². The molecular weight excluding hydrogens is 534 g/mol. The Bertz CT molecular complexity index is 1370. The van der Waals surface area contributed by atoms with Crippen LogP contribution in [0.5, 0.6) is 0 Å². The van der Waals surface area contributed by atoms with Crippen molar-refractivity contribution in [2.24, 2.45) is 0 Å². The Hall–Kier alpha value is -3.65. The molecule has 0 bridgehead atoms. The molecule has 1 N–H and O–H groups in total. The highest BCUT2D eigenvalue weighted by atomic mass is 32.2. The normalized spacial score (nSPS) is 14.7. The van der Waals surface area contributed by atoms with Gasteiger partial charge in [0, 0.05) is 12.6 Å². The van der Waals surface area contributed by atoms with Gasteiger partial charge in [-0.2, -0.15) is 0 Å². The Morgan fingerprint density at radius 2 is 1.49 bits per heavy atom. The minimum atomic E-state index is -4.05. The SMILES string of the molecule is CCC(C(=O)NC1CCCCC1)N(CCc1ccccc1)C(=O)CN(c1ccc(C)cc1)S(=O)(=O)c1ccccc1. The Labute approximate surface area is 244 Å². The standard InChI is InChI=1S/C33H41N3O4S/c1-3-31(33(38)34-28-15-9-5-10-16-28)35(24-23-27-13-7-4-8-14-27)32(37)25-36(29-21-19-26(2)20-22-29)41(39,40)30-17-11-6-12-18-30/h4,6-8,11-14,17-22,28,31H,3,5,9-10,15-16,23-25H2,1-2H3,(H,34,38). The predicted octanol–water partition coefficient (Wildman–Crippen LogP) is 5.49. The summed E-state index contributed by atoms with van der Waals surface area (Å²) in [7, 11) is -4.05. The number of carbonyl (C=O) groups excluding carboxylic acids is 2. The van der Waals surface area contributed by atoms with Gasteiger partial charge in [0.2, 0.25) is 11.8 Å². The van der Waals surface area contributed by atoms with Crippen LogP contribution in [0.25, 0.3) is 0 Å². The van der Waals surface area contributed by atoms with Crippen molar-refractivity contribution in [1.82, 2.24) is 10.2 Å². The Morgan fingerprint density at radius 1 is 0.878 bits per heavy atom. The summed E-state index contributed by atoms with van der Waals surface area (Å²) >= 11 is 0. The van der Waals surface area contributed by atoms with E-state index in [0.717, 1.165) is 41.1 Å². The van der Waals surface area contributed by atoms with Crippen molar-refractivity contribution in [3.63, 3.8) is 0 Å². The molecule has 41 heavy (non-hydrogen) atoms. The molecule has 1 saturated carbocycles. The monoisotopic (exact) mass is 575 g/mol. The minimum absolute atomic E-state index is 0.103. The van der Waals surface area contributed by atoms with Gasteiger partial charge < -0.3 is 10.2 Å². The third kappa shape index (κ3) is 7.97. The van der Waals surface area contributed by atoms with Gasteiger partial charge in [-0.05, 0) is 62.4 Å². The molecule has 0 radical (unpaired) electrons. The number of nitrogens with zero attached hydrogens (tertiary/aromatic N) is 2. The number of hydrogen-bond acceptors (Lipinski definition) is 4. The van der Waals surface area contributed by atoms with Crippen LogP contribution in [-0.4, -0.2) is 50.3 Å². The molecule has 7 nitrogen and oxygen atoms in total. The number of aryl methyl sites for hydroxylation is 1. The summed E-state index contributed by atoms with van der Waals surface area (Å²) in [6, 6.07) is 24.4. The number of carbonyl (C=O) groups is 2. The van der Waals surface area contributed by atoms with E-state index in [0.29, 0.717) is 25.1 Å². The fourth-order valence-corrected chi connectivity index (χ4v) is 6.83. The lowest BCUT2D eigenvalue weighted by molar-refractivity contribution is -0.140. The summed E-state index contributed by atoms with van der Waals surface area (Å²) in [5.74, 6) is -0.583. The number of nitrogens with one attached hydrogen (secondary N) is 1. The van der Waals surface area contributed by atoms with Crippen LogP contribution in [0.15, 0.2) is 89.8 Å². The van der Waals surface area contributed by atoms with Gasteiger partial charge in [0.05, 0.1) is 10.6 Å². The number of amides is 2. The summed E-state index contributed by atoms with van der Waals surface area (Å²) in [5.41, 5.74) is 2.42. The Kier molecular flexibility index (Phi) is 10.6. The lowest BCUT2D eigenvalue weighted by Gasteiger charge is -2.34. The largest absolute Gasteiger partial charge is 0.352 e. The van der Waals surface area contributed by atoms with Crippen molar-refractivity contribution in [2.75, 3.05) is 17.4 Å². The van der Waals surface area contributed by atoms with Gasteiger partial charge in [0.15, 0.2) is 0 Å². The summed E-state index contributed by atoms with van der Waals surface area (Å²) in [5, 5.41) is 3.19. The second kappa shape index (κ2) is 14.3. The van der Waals surface area contributed by atoms with Crippen LogP contribution in [0.4, 0.5) is 5.69 Å². The van der Waals surface area contributed by atoms with Crippen molar-refractivity contribution in [2.45, 2.75) is 75.8 Å². The smallest absolute Gasteiger partial charge is 0.264 e. The fraction of sp³-hybridized carbons (Fsp3) is 0.394. The van der Waals surface area contributed by atoms with Crippen molar-refractivity contribution in [3.8, 4) is 0 Å². The van der Waals surface area contributed by atoms with Gasteiger partial charge in [0.25, 0.3) is 10.0 Å². The topological polar surface area (TPSA) is 86.8 Å². The van der Waals surface area contributed by atoms with Crippen LogP contribution in [0.2, 0.25) is 0 Å². The number of hydrogen-bond donors (Lipinski definition) is 1. The van der Waals surface area contributed by atoms with Crippen molar-refractivity contribution in [3.05, 3.63) is 96.1 Å². The van der Waals surface area contributed by atoms with Gasteiger partial charge in [-0.15, -0.1) is 0 Å².